The van der Waals surface area contributed by atoms with Crippen molar-refractivity contribution < 1.29 is 9.13 Å². The molecule has 0 bridgehead atoms. The Morgan fingerprint density at radius 3 is 2.81 bits per heavy atom. The van der Waals surface area contributed by atoms with Gasteiger partial charge in [-0.15, -0.1) is 6.42 Å². The van der Waals surface area contributed by atoms with Gasteiger partial charge in [-0.1, -0.05) is 31.4 Å². The highest BCUT2D eigenvalue weighted by Gasteiger charge is 2.19. The first-order chi connectivity index (χ1) is 13.2. The Balaban J connectivity index is 0.00000102. The van der Waals surface area contributed by atoms with E-state index < -0.39 is 0 Å². The Labute approximate surface area is 164 Å². The van der Waals surface area contributed by atoms with Crippen molar-refractivity contribution in [2.75, 3.05) is 19.7 Å². The molecular weight excluding hydrogens is 363 g/mol. The molecule has 3 nitrogen and oxygen atoms in total. The number of nitrogens with zero attached hydrogens (tertiary/aromatic N) is 2. The van der Waals surface area contributed by atoms with Gasteiger partial charge in [0.15, 0.2) is 0 Å². The van der Waals surface area contributed by atoms with Gasteiger partial charge in [0.2, 0.25) is 0 Å². The second-order valence-electron chi connectivity index (χ2n) is 6.07. The van der Waals surface area contributed by atoms with Crippen LogP contribution in [0.15, 0.2) is 42.6 Å². The molecule has 0 aliphatic carbocycles. The smallest absolute Gasteiger partial charge is 0.142 e. The first-order valence-corrected chi connectivity index (χ1v) is 9.41. The summed E-state index contributed by atoms with van der Waals surface area (Å²) in [7, 11) is 0. The van der Waals surface area contributed by atoms with Gasteiger partial charge in [-0.2, -0.15) is 0 Å². The van der Waals surface area contributed by atoms with Gasteiger partial charge in [0.1, 0.15) is 18.2 Å². The molecule has 27 heavy (non-hydrogen) atoms. The van der Waals surface area contributed by atoms with E-state index in [4.69, 9.17) is 22.8 Å². The summed E-state index contributed by atoms with van der Waals surface area (Å²) < 4.78 is 21.3. The van der Waals surface area contributed by atoms with Crippen molar-refractivity contribution in [1.82, 2.24) is 9.47 Å². The van der Waals surface area contributed by atoms with Crippen molar-refractivity contribution >= 4 is 22.5 Å². The molecule has 0 atom stereocenters. The fraction of sp³-hybridized carbons (Fsp3) is 0.273. The molecule has 1 aromatic heterocycles. The van der Waals surface area contributed by atoms with E-state index in [0.29, 0.717) is 30.5 Å². The third-order valence-corrected chi connectivity index (χ3v) is 4.68. The molecule has 140 valence electrons. The van der Waals surface area contributed by atoms with Gasteiger partial charge >= 0.3 is 0 Å². The molecule has 1 aliphatic heterocycles. The summed E-state index contributed by atoms with van der Waals surface area (Å²) in [5.41, 5.74) is 2.84. The zero-order valence-corrected chi connectivity index (χ0v) is 16.3. The molecule has 3 aromatic rings. The lowest BCUT2D eigenvalue weighted by molar-refractivity contribution is 0.245. The van der Waals surface area contributed by atoms with E-state index in [2.05, 4.69) is 16.9 Å². The van der Waals surface area contributed by atoms with Crippen molar-refractivity contribution in [2.24, 2.45) is 0 Å². The van der Waals surface area contributed by atoms with Crippen LogP contribution in [-0.4, -0.2) is 29.2 Å². The van der Waals surface area contributed by atoms with Crippen molar-refractivity contribution in [3.63, 3.8) is 0 Å². The number of fused-ring (bicyclic) bond motifs is 2. The molecule has 5 heteroatoms. The van der Waals surface area contributed by atoms with Crippen LogP contribution in [0, 0.1) is 18.2 Å². The van der Waals surface area contributed by atoms with Gasteiger partial charge in [0, 0.05) is 35.9 Å². The van der Waals surface area contributed by atoms with Crippen LogP contribution >= 0.6 is 11.6 Å². The first-order valence-electron chi connectivity index (χ1n) is 9.04. The molecule has 0 radical (unpaired) electrons. The quantitative estimate of drug-likeness (QED) is 0.559. The van der Waals surface area contributed by atoms with E-state index in [0.717, 1.165) is 28.7 Å². The Hall–Kier alpha value is -2.48. The van der Waals surface area contributed by atoms with Crippen LogP contribution in [0.25, 0.3) is 16.6 Å². The highest BCUT2D eigenvalue weighted by Crippen LogP contribution is 2.35. The van der Waals surface area contributed by atoms with E-state index in [1.165, 1.54) is 12.1 Å². The van der Waals surface area contributed by atoms with E-state index in [9.17, 15) is 4.39 Å². The number of halogens is 2. The third kappa shape index (κ3) is 3.95. The number of hydrogen-bond donors (Lipinski definition) is 0. The predicted octanol–water partition coefficient (Wildman–Crippen LogP) is 5.28. The number of terminal acetylenes is 1. The summed E-state index contributed by atoms with van der Waals surface area (Å²) in [6, 6.07) is 10.6. The van der Waals surface area contributed by atoms with Gasteiger partial charge in [-0.05, 0) is 36.4 Å². The van der Waals surface area contributed by atoms with Crippen LogP contribution in [0.2, 0.25) is 5.02 Å². The van der Waals surface area contributed by atoms with Crippen molar-refractivity contribution in [1.29, 1.82) is 0 Å². The third-order valence-electron chi connectivity index (χ3n) is 4.40. The number of aromatic nitrogens is 1. The van der Waals surface area contributed by atoms with E-state index in [1.807, 2.05) is 36.7 Å². The molecule has 0 saturated carbocycles. The van der Waals surface area contributed by atoms with Gasteiger partial charge in [0.25, 0.3) is 0 Å². The van der Waals surface area contributed by atoms with E-state index in [-0.39, 0.29) is 5.82 Å². The first kappa shape index (κ1) is 19.3. The standard InChI is InChI=1S/C20H16ClFN2O.C2H6/c1-2-6-23-8-9-25-20-15(13-23)11-17(12-18(20)21)24-7-5-14-10-16(22)3-4-19(14)24;1-2/h1,3-5,7,10-12H,6,8-9,13H2;1-2H3. The maximum absolute atomic E-state index is 13.4. The molecule has 0 saturated heterocycles. The van der Waals surface area contributed by atoms with Crippen LogP contribution < -0.4 is 4.74 Å². The molecule has 0 N–H and O–H groups in total. The second kappa shape index (κ2) is 8.47. The molecular formula is C22H22ClFN2O. The fourth-order valence-corrected chi connectivity index (χ4v) is 3.54. The summed E-state index contributed by atoms with van der Waals surface area (Å²) in [5.74, 6) is 3.15. The Kier molecular flexibility index (Phi) is 6.05. The lowest BCUT2D eigenvalue weighted by Crippen LogP contribution is -2.25. The number of ether oxygens (including phenoxy) is 1. The normalized spacial score (nSPS) is 13.7. The molecule has 4 rings (SSSR count). The summed E-state index contributed by atoms with van der Waals surface area (Å²) in [4.78, 5) is 2.15. The van der Waals surface area contributed by atoms with Gasteiger partial charge in [-0.25, -0.2) is 4.39 Å². The maximum atomic E-state index is 13.4. The van der Waals surface area contributed by atoms with E-state index in [1.54, 1.807) is 6.07 Å². The van der Waals surface area contributed by atoms with Gasteiger partial charge in [-0.3, -0.25) is 4.90 Å². The minimum absolute atomic E-state index is 0.247. The van der Waals surface area contributed by atoms with Crippen molar-refractivity contribution in [3.05, 3.63) is 59.0 Å². The van der Waals surface area contributed by atoms with Gasteiger partial charge in [0.05, 0.1) is 17.1 Å². The van der Waals surface area contributed by atoms with E-state index >= 15 is 0 Å². The fourth-order valence-electron chi connectivity index (χ4n) is 3.25. The summed E-state index contributed by atoms with van der Waals surface area (Å²) >= 11 is 6.48. The summed E-state index contributed by atoms with van der Waals surface area (Å²) in [6.07, 6.45) is 7.36. The van der Waals surface area contributed by atoms with Crippen LogP contribution in [0.3, 0.4) is 0 Å². The Bertz CT molecular complexity index is 990. The topological polar surface area (TPSA) is 17.4 Å². The largest absolute Gasteiger partial charge is 0.490 e. The van der Waals surface area contributed by atoms with Crippen LogP contribution in [0.4, 0.5) is 4.39 Å². The van der Waals surface area contributed by atoms with Crippen LogP contribution in [0.1, 0.15) is 19.4 Å². The molecule has 0 spiro atoms. The molecule has 0 unspecified atom stereocenters. The zero-order chi connectivity index (χ0) is 19.4. The zero-order valence-electron chi connectivity index (χ0n) is 15.5. The lowest BCUT2D eigenvalue weighted by Gasteiger charge is -2.16. The Morgan fingerprint density at radius 1 is 1.22 bits per heavy atom. The highest BCUT2D eigenvalue weighted by molar-refractivity contribution is 6.32. The Morgan fingerprint density at radius 2 is 2.04 bits per heavy atom. The summed E-state index contributed by atoms with van der Waals surface area (Å²) in [5, 5.41) is 1.41. The average Bonchev–Trinajstić information content (AvgIpc) is 2.96. The molecule has 1 aliphatic rings. The maximum Gasteiger partial charge on any atom is 0.142 e. The predicted molar refractivity (Wildman–Crippen MR) is 109 cm³/mol. The van der Waals surface area contributed by atoms with Crippen LogP contribution in [0.5, 0.6) is 5.75 Å². The summed E-state index contributed by atoms with van der Waals surface area (Å²) in [6.45, 7) is 6.56. The molecule has 0 fully saturated rings. The second-order valence-corrected chi connectivity index (χ2v) is 6.48. The van der Waals surface area contributed by atoms with Crippen molar-refractivity contribution in [3.8, 4) is 23.8 Å². The lowest BCUT2D eigenvalue weighted by atomic mass is 10.1. The number of rotatable bonds is 2. The van der Waals surface area contributed by atoms with Crippen molar-refractivity contribution in [2.45, 2.75) is 20.4 Å². The highest BCUT2D eigenvalue weighted by atomic mass is 35.5. The molecule has 0 amide bonds. The van der Waals surface area contributed by atoms with Crippen LogP contribution in [-0.2, 0) is 6.54 Å². The minimum atomic E-state index is -0.247. The average molecular weight is 385 g/mol. The SMILES string of the molecule is C#CCN1CCOc2c(Cl)cc(-n3ccc4cc(F)ccc43)cc2C1.CC. The monoisotopic (exact) mass is 384 g/mol. The number of benzene rings is 2. The van der Waals surface area contributed by atoms with Gasteiger partial charge < -0.3 is 9.30 Å². The minimum Gasteiger partial charge on any atom is -0.490 e. The molecule has 2 aromatic carbocycles. The molecule has 2 heterocycles. The number of hydrogen-bond acceptors (Lipinski definition) is 2.